The maximum atomic E-state index is 12.2. The van der Waals surface area contributed by atoms with Gasteiger partial charge in [-0.2, -0.15) is 0 Å². The molecule has 3 fully saturated rings. The van der Waals surface area contributed by atoms with Gasteiger partial charge in [-0.25, -0.2) is 4.39 Å². The van der Waals surface area contributed by atoms with Gasteiger partial charge in [-0.05, 0) is 113 Å². The van der Waals surface area contributed by atoms with Crippen LogP contribution in [0.2, 0.25) is 0 Å². The monoisotopic (exact) mass is 360 g/mol. The molecule has 3 saturated carbocycles. The molecule has 0 atom stereocenters. The Morgan fingerprint density at radius 2 is 1.38 bits per heavy atom. The van der Waals surface area contributed by atoms with Crippen molar-refractivity contribution in [3.63, 3.8) is 0 Å². The van der Waals surface area contributed by atoms with Crippen molar-refractivity contribution in [2.45, 2.75) is 97.3 Å². The van der Waals surface area contributed by atoms with E-state index in [9.17, 15) is 4.39 Å². The number of allylic oxidation sites excluding steroid dienone is 3. The molecule has 0 radical (unpaired) electrons. The fourth-order valence-electron chi connectivity index (χ4n) is 6.15. The third-order valence-corrected chi connectivity index (χ3v) is 8.09. The van der Waals surface area contributed by atoms with Crippen LogP contribution in [0.3, 0.4) is 0 Å². The van der Waals surface area contributed by atoms with E-state index < -0.39 is 0 Å². The molecule has 0 bridgehead atoms. The normalized spacial score (nSPS) is 40.0. The van der Waals surface area contributed by atoms with E-state index in [4.69, 9.17) is 0 Å². The second-order valence-electron chi connectivity index (χ2n) is 9.92. The highest BCUT2D eigenvalue weighted by molar-refractivity contribution is 5.08. The lowest BCUT2D eigenvalue weighted by atomic mass is 9.69. The number of rotatable bonds is 5. The number of hydrogen-bond acceptors (Lipinski definition) is 0. The maximum Gasteiger partial charge on any atom is 0.0827 e. The molecule has 0 saturated heterocycles. The molecular formula is C25H41F. The van der Waals surface area contributed by atoms with Crippen LogP contribution >= 0.6 is 0 Å². The Kier molecular flexibility index (Phi) is 7.82. The van der Waals surface area contributed by atoms with Crippen molar-refractivity contribution >= 4 is 0 Å². The molecule has 1 heteroatoms. The molecule has 26 heavy (non-hydrogen) atoms. The zero-order valence-electron chi connectivity index (χ0n) is 17.3. The average molecular weight is 361 g/mol. The molecule has 0 nitrogen and oxygen atoms in total. The van der Waals surface area contributed by atoms with Crippen molar-refractivity contribution in [3.05, 3.63) is 24.1 Å². The largest absolute Gasteiger partial charge is 0.216 e. The highest BCUT2D eigenvalue weighted by atomic mass is 19.1. The van der Waals surface area contributed by atoms with Crippen molar-refractivity contribution in [2.24, 2.45) is 35.5 Å². The zero-order chi connectivity index (χ0) is 18.4. The van der Waals surface area contributed by atoms with Gasteiger partial charge in [0.1, 0.15) is 0 Å². The van der Waals surface area contributed by atoms with Gasteiger partial charge >= 0.3 is 0 Å². The summed E-state index contributed by atoms with van der Waals surface area (Å²) in [5.41, 5.74) is 1.67. The Bertz CT molecular complexity index is 453. The Balaban J connectivity index is 1.40. The number of halogens is 1. The van der Waals surface area contributed by atoms with E-state index in [0.29, 0.717) is 0 Å². The summed E-state index contributed by atoms with van der Waals surface area (Å²) >= 11 is 0. The summed E-state index contributed by atoms with van der Waals surface area (Å²) in [6.07, 6.45) is 23.0. The summed E-state index contributed by atoms with van der Waals surface area (Å²) in [5, 5.41) is 0. The topological polar surface area (TPSA) is 0 Å². The third-order valence-electron chi connectivity index (χ3n) is 8.09. The standard InChI is InChI=1S/C25H41F/c1-19-5-11-24(12-6-19)25-15-9-22(10-16-25)18-20(2)23-13-7-21(8-14-23)4-3-17-26/h3,17-19,21-25H,4-16H2,1-2H3/b17-3+,20-18?. The van der Waals surface area contributed by atoms with E-state index in [0.717, 1.165) is 48.3 Å². The van der Waals surface area contributed by atoms with Crippen LogP contribution in [0, 0.1) is 35.5 Å². The summed E-state index contributed by atoms with van der Waals surface area (Å²) in [7, 11) is 0. The molecule has 0 aromatic heterocycles. The van der Waals surface area contributed by atoms with Crippen molar-refractivity contribution < 1.29 is 4.39 Å². The van der Waals surface area contributed by atoms with Gasteiger partial charge in [-0.15, -0.1) is 0 Å². The molecule has 0 N–H and O–H groups in total. The van der Waals surface area contributed by atoms with Gasteiger partial charge < -0.3 is 0 Å². The molecule has 0 aromatic carbocycles. The van der Waals surface area contributed by atoms with Crippen LogP contribution in [0.25, 0.3) is 0 Å². The van der Waals surface area contributed by atoms with E-state index in [1.165, 1.54) is 77.0 Å². The van der Waals surface area contributed by atoms with Crippen LogP contribution in [0.5, 0.6) is 0 Å². The van der Waals surface area contributed by atoms with E-state index in [1.807, 2.05) is 0 Å². The first kappa shape index (κ1) is 20.2. The third kappa shape index (κ3) is 5.70. The van der Waals surface area contributed by atoms with Crippen molar-refractivity contribution in [1.29, 1.82) is 0 Å². The first-order valence-corrected chi connectivity index (χ1v) is 11.6. The quantitative estimate of drug-likeness (QED) is 0.433. The van der Waals surface area contributed by atoms with Crippen LogP contribution in [0.4, 0.5) is 4.39 Å². The predicted octanol–water partition coefficient (Wildman–Crippen LogP) is 8.25. The van der Waals surface area contributed by atoms with Crippen LogP contribution in [-0.2, 0) is 0 Å². The second kappa shape index (κ2) is 10.1. The van der Waals surface area contributed by atoms with Crippen molar-refractivity contribution in [3.8, 4) is 0 Å². The lowest BCUT2D eigenvalue weighted by Gasteiger charge is -2.37. The summed E-state index contributed by atoms with van der Waals surface area (Å²) in [5.74, 6) is 5.44. The van der Waals surface area contributed by atoms with E-state index in [1.54, 1.807) is 11.6 Å². The zero-order valence-corrected chi connectivity index (χ0v) is 17.3. The predicted molar refractivity (Wildman–Crippen MR) is 111 cm³/mol. The molecule has 0 spiro atoms. The summed E-state index contributed by atoms with van der Waals surface area (Å²) in [4.78, 5) is 0. The van der Waals surface area contributed by atoms with Crippen LogP contribution < -0.4 is 0 Å². The lowest BCUT2D eigenvalue weighted by Crippen LogP contribution is -2.25. The van der Waals surface area contributed by atoms with E-state index in [2.05, 4.69) is 19.9 Å². The van der Waals surface area contributed by atoms with Gasteiger partial charge in [-0.1, -0.05) is 37.5 Å². The molecule has 0 aromatic rings. The van der Waals surface area contributed by atoms with Gasteiger partial charge in [0, 0.05) is 0 Å². The van der Waals surface area contributed by atoms with E-state index in [-0.39, 0.29) is 0 Å². The molecule has 0 amide bonds. The molecule has 3 rings (SSSR count). The Hall–Kier alpha value is -0.590. The molecule has 0 heterocycles. The summed E-state index contributed by atoms with van der Waals surface area (Å²) in [6.45, 7) is 4.83. The summed E-state index contributed by atoms with van der Waals surface area (Å²) < 4.78 is 12.2. The molecule has 148 valence electrons. The van der Waals surface area contributed by atoms with E-state index >= 15 is 0 Å². The Labute approximate surface area is 161 Å². The minimum Gasteiger partial charge on any atom is -0.216 e. The average Bonchev–Trinajstić information content (AvgIpc) is 2.68. The maximum absolute atomic E-state index is 12.2. The second-order valence-corrected chi connectivity index (χ2v) is 9.92. The van der Waals surface area contributed by atoms with Crippen LogP contribution in [0.1, 0.15) is 97.3 Å². The molecule has 0 unspecified atom stereocenters. The van der Waals surface area contributed by atoms with Gasteiger partial charge in [0.2, 0.25) is 0 Å². The fourth-order valence-corrected chi connectivity index (χ4v) is 6.15. The first-order chi connectivity index (χ1) is 12.7. The number of hydrogen-bond donors (Lipinski definition) is 0. The molecule has 3 aliphatic rings. The van der Waals surface area contributed by atoms with Crippen molar-refractivity contribution in [1.82, 2.24) is 0 Å². The Morgan fingerprint density at radius 1 is 0.808 bits per heavy atom. The summed E-state index contributed by atoms with van der Waals surface area (Å²) in [6, 6.07) is 0. The molecule has 0 aliphatic heterocycles. The highest BCUT2D eigenvalue weighted by Gasteiger charge is 2.30. The fraction of sp³-hybridized carbons (Fsp3) is 0.840. The molecular weight excluding hydrogens is 319 g/mol. The van der Waals surface area contributed by atoms with Gasteiger partial charge in [0.05, 0.1) is 6.33 Å². The highest BCUT2D eigenvalue weighted by Crippen LogP contribution is 2.42. The Morgan fingerprint density at radius 3 is 1.96 bits per heavy atom. The SMILES string of the molecule is CC(=CC1CCC(C2CCC(C)CC2)CC1)C1CCC(C/C=C/F)CC1. The van der Waals surface area contributed by atoms with Gasteiger partial charge in [-0.3, -0.25) is 0 Å². The van der Waals surface area contributed by atoms with Crippen molar-refractivity contribution in [2.75, 3.05) is 0 Å². The first-order valence-electron chi connectivity index (χ1n) is 11.6. The van der Waals surface area contributed by atoms with Crippen LogP contribution in [-0.4, -0.2) is 0 Å². The van der Waals surface area contributed by atoms with Gasteiger partial charge in [0.25, 0.3) is 0 Å². The molecule has 3 aliphatic carbocycles. The van der Waals surface area contributed by atoms with Gasteiger partial charge in [0.15, 0.2) is 0 Å². The smallest absolute Gasteiger partial charge is 0.0827 e. The minimum atomic E-state index is 0.722. The van der Waals surface area contributed by atoms with Crippen LogP contribution in [0.15, 0.2) is 24.1 Å². The minimum absolute atomic E-state index is 0.722. The lowest BCUT2D eigenvalue weighted by molar-refractivity contribution is 0.160.